The first-order valence-electron chi connectivity index (χ1n) is 9.89. The molecule has 5 aromatic rings. The molecule has 31 heavy (non-hydrogen) atoms. The Morgan fingerprint density at radius 1 is 0.839 bits per heavy atom. The molecule has 0 aliphatic heterocycles. The molecule has 0 atom stereocenters. The minimum absolute atomic E-state index is 0.440. The first-order valence-corrected chi connectivity index (χ1v) is 9.89. The highest BCUT2D eigenvalue weighted by atomic mass is 16.5. The number of nitrogens with one attached hydrogen (secondary N) is 1. The molecule has 0 aliphatic rings. The van der Waals surface area contributed by atoms with Crippen LogP contribution in [0.2, 0.25) is 0 Å². The van der Waals surface area contributed by atoms with Gasteiger partial charge >= 0.3 is 0 Å². The number of fused-ring (bicyclic) bond motifs is 1. The van der Waals surface area contributed by atoms with E-state index in [0.29, 0.717) is 5.56 Å². The molecular formula is C26H19N3O2. The quantitative estimate of drug-likeness (QED) is 0.388. The number of benzene rings is 3. The fourth-order valence-electron chi connectivity index (χ4n) is 3.61. The largest absolute Gasteiger partial charge is 0.457 e. The van der Waals surface area contributed by atoms with E-state index in [4.69, 9.17) is 10.5 Å². The number of aromatic nitrogens is 2. The van der Waals surface area contributed by atoms with Gasteiger partial charge in [-0.2, -0.15) is 0 Å². The van der Waals surface area contributed by atoms with E-state index >= 15 is 0 Å². The molecule has 0 saturated heterocycles. The maximum absolute atomic E-state index is 11.4. The monoisotopic (exact) mass is 405 g/mol. The minimum atomic E-state index is -0.440. The van der Waals surface area contributed by atoms with Crippen molar-refractivity contribution in [3.8, 4) is 33.8 Å². The van der Waals surface area contributed by atoms with Crippen molar-refractivity contribution in [2.75, 3.05) is 0 Å². The van der Waals surface area contributed by atoms with Crippen molar-refractivity contribution in [3.63, 3.8) is 0 Å². The maximum atomic E-state index is 11.4. The van der Waals surface area contributed by atoms with Crippen molar-refractivity contribution in [2.24, 2.45) is 5.73 Å². The first-order chi connectivity index (χ1) is 15.2. The number of H-pyrrole nitrogens is 1. The number of nitrogens with two attached hydrogens (primary N) is 1. The molecule has 3 N–H and O–H groups in total. The first kappa shape index (κ1) is 18.6. The zero-order chi connectivity index (χ0) is 21.2. The SMILES string of the molecule is NC(=O)c1ccc(-c2c[nH]c3ncc(-c4ccccc4Oc4ccccc4)cc23)cc1. The molecule has 5 rings (SSSR count). The van der Waals surface area contributed by atoms with Crippen LogP contribution in [0.4, 0.5) is 0 Å². The van der Waals surface area contributed by atoms with E-state index in [1.165, 1.54) is 0 Å². The number of aromatic amines is 1. The Labute approximate surface area is 179 Å². The van der Waals surface area contributed by atoms with E-state index in [1.54, 1.807) is 12.1 Å². The molecule has 0 radical (unpaired) electrons. The van der Waals surface area contributed by atoms with Crippen LogP contribution in [0.1, 0.15) is 10.4 Å². The number of primary amides is 1. The zero-order valence-corrected chi connectivity index (χ0v) is 16.6. The fraction of sp³-hybridized carbons (Fsp3) is 0. The second-order valence-electron chi connectivity index (χ2n) is 7.18. The number of pyridine rings is 1. The van der Waals surface area contributed by atoms with Crippen LogP contribution in [0.3, 0.4) is 0 Å². The molecule has 0 bridgehead atoms. The van der Waals surface area contributed by atoms with Crippen molar-refractivity contribution in [1.29, 1.82) is 0 Å². The highest BCUT2D eigenvalue weighted by Crippen LogP contribution is 2.36. The van der Waals surface area contributed by atoms with Crippen LogP contribution in [0.25, 0.3) is 33.3 Å². The van der Waals surface area contributed by atoms with Gasteiger partial charge in [0.25, 0.3) is 0 Å². The molecule has 1 amide bonds. The van der Waals surface area contributed by atoms with E-state index in [-0.39, 0.29) is 0 Å². The summed E-state index contributed by atoms with van der Waals surface area (Å²) in [6, 6.07) is 27.0. The van der Waals surface area contributed by atoms with Crippen LogP contribution in [0, 0.1) is 0 Å². The van der Waals surface area contributed by atoms with E-state index in [0.717, 1.165) is 44.8 Å². The van der Waals surface area contributed by atoms with Gasteiger partial charge in [-0.25, -0.2) is 4.98 Å². The molecule has 2 aromatic heterocycles. The van der Waals surface area contributed by atoms with E-state index in [1.807, 2.05) is 79.1 Å². The van der Waals surface area contributed by atoms with Crippen LogP contribution in [0.15, 0.2) is 97.3 Å². The van der Waals surface area contributed by atoms with Gasteiger partial charge in [0, 0.05) is 40.0 Å². The van der Waals surface area contributed by atoms with Crippen LogP contribution < -0.4 is 10.5 Å². The lowest BCUT2D eigenvalue weighted by molar-refractivity contribution is 0.100. The standard InChI is InChI=1S/C26H19N3O2/c27-25(30)18-12-10-17(11-13-18)23-16-29-26-22(23)14-19(15-28-26)21-8-4-5-9-24(21)31-20-6-2-1-3-7-20/h1-16H,(H2,27,30)(H,28,29). The second kappa shape index (κ2) is 7.80. The molecule has 150 valence electrons. The van der Waals surface area contributed by atoms with Crippen molar-refractivity contribution >= 4 is 16.9 Å². The van der Waals surface area contributed by atoms with Crippen molar-refractivity contribution in [3.05, 3.63) is 103 Å². The number of carbonyl (C=O) groups excluding carboxylic acids is 1. The Morgan fingerprint density at radius 3 is 2.35 bits per heavy atom. The summed E-state index contributed by atoms with van der Waals surface area (Å²) in [6.45, 7) is 0. The number of rotatable bonds is 5. The van der Waals surface area contributed by atoms with Gasteiger partial charge in [0.1, 0.15) is 17.1 Å². The topological polar surface area (TPSA) is 81.0 Å². The number of hydrogen-bond acceptors (Lipinski definition) is 3. The van der Waals surface area contributed by atoms with Crippen molar-refractivity contribution < 1.29 is 9.53 Å². The minimum Gasteiger partial charge on any atom is -0.457 e. The number of hydrogen-bond donors (Lipinski definition) is 2. The number of ether oxygens (including phenoxy) is 1. The predicted octanol–water partition coefficient (Wildman–Crippen LogP) is 5.79. The average molecular weight is 405 g/mol. The Hall–Kier alpha value is -4.38. The van der Waals surface area contributed by atoms with E-state index < -0.39 is 5.91 Å². The Bertz CT molecular complexity index is 1370. The molecule has 5 heteroatoms. The van der Waals surface area contributed by atoms with Gasteiger partial charge in [0.15, 0.2) is 0 Å². The van der Waals surface area contributed by atoms with Crippen LogP contribution >= 0.6 is 0 Å². The molecule has 5 nitrogen and oxygen atoms in total. The highest BCUT2D eigenvalue weighted by Gasteiger charge is 2.12. The third-order valence-corrected chi connectivity index (χ3v) is 5.18. The normalized spacial score (nSPS) is 10.8. The molecule has 0 unspecified atom stereocenters. The maximum Gasteiger partial charge on any atom is 0.248 e. The van der Waals surface area contributed by atoms with Gasteiger partial charge in [0.2, 0.25) is 5.91 Å². The van der Waals surface area contributed by atoms with Gasteiger partial charge in [-0.3, -0.25) is 4.79 Å². The van der Waals surface area contributed by atoms with Gasteiger partial charge in [-0.05, 0) is 42.0 Å². The average Bonchev–Trinajstić information content (AvgIpc) is 3.23. The summed E-state index contributed by atoms with van der Waals surface area (Å²) in [5, 5.41) is 0.985. The van der Waals surface area contributed by atoms with Crippen molar-refractivity contribution in [2.45, 2.75) is 0 Å². The molecule has 2 heterocycles. The molecule has 0 fully saturated rings. The van der Waals surface area contributed by atoms with Crippen molar-refractivity contribution in [1.82, 2.24) is 9.97 Å². The Morgan fingerprint density at radius 2 is 1.58 bits per heavy atom. The van der Waals surface area contributed by atoms with Gasteiger partial charge in [-0.15, -0.1) is 0 Å². The summed E-state index contributed by atoms with van der Waals surface area (Å²) in [4.78, 5) is 19.2. The number of para-hydroxylation sites is 2. The lowest BCUT2D eigenvalue weighted by Gasteiger charge is -2.11. The molecule has 0 saturated carbocycles. The number of carbonyl (C=O) groups is 1. The van der Waals surface area contributed by atoms with Gasteiger partial charge < -0.3 is 15.5 Å². The predicted molar refractivity (Wildman–Crippen MR) is 122 cm³/mol. The van der Waals surface area contributed by atoms with Gasteiger partial charge in [-0.1, -0.05) is 48.5 Å². The lowest BCUT2D eigenvalue weighted by Crippen LogP contribution is -2.10. The third-order valence-electron chi connectivity index (χ3n) is 5.18. The Balaban J connectivity index is 1.57. The third kappa shape index (κ3) is 3.65. The molecule has 3 aromatic carbocycles. The zero-order valence-electron chi connectivity index (χ0n) is 16.6. The molecule has 0 spiro atoms. The smallest absolute Gasteiger partial charge is 0.248 e. The summed E-state index contributed by atoms with van der Waals surface area (Å²) in [6.07, 6.45) is 3.76. The summed E-state index contributed by atoms with van der Waals surface area (Å²) in [5.74, 6) is 1.10. The summed E-state index contributed by atoms with van der Waals surface area (Å²) < 4.78 is 6.13. The van der Waals surface area contributed by atoms with Crippen LogP contribution in [-0.4, -0.2) is 15.9 Å². The second-order valence-corrected chi connectivity index (χ2v) is 7.18. The summed E-state index contributed by atoms with van der Waals surface area (Å²) >= 11 is 0. The molecular weight excluding hydrogens is 386 g/mol. The number of nitrogens with zero attached hydrogens (tertiary/aromatic N) is 1. The van der Waals surface area contributed by atoms with Crippen LogP contribution in [-0.2, 0) is 0 Å². The molecule has 0 aliphatic carbocycles. The van der Waals surface area contributed by atoms with Crippen LogP contribution in [0.5, 0.6) is 11.5 Å². The lowest BCUT2D eigenvalue weighted by atomic mass is 10.0. The van der Waals surface area contributed by atoms with Gasteiger partial charge in [0.05, 0.1) is 0 Å². The Kier molecular flexibility index (Phi) is 4.69. The summed E-state index contributed by atoms with van der Waals surface area (Å²) in [5.41, 5.74) is 10.5. The fourth-order valence-corrected chi connectivity index (χ4v) is 3.61. The summed E-state index contributed by atoms with van der Waals surface area (Å²) in [7, 11) is 0. The van der Waals surface area contributed by atoms with E-state index in [2.05, 4.69) is 16.0 Å². The number of amides is 1. The van der Waals surface area contributed by atoms with E-state index in [9.17, 15) is 4.79 Å². The highest BCUT2D eigenvalue weighted by molar-refractivity contribution is 5.97.